The van der Waals surface area contributed by atoms with Crippen molar-refractivity contribution in [3.63, 3.8) is 0 Å². The Kier molecular flexibility index (Phi) is 13.6. The number of aromatic nitrogens is 1. The Labute approximate surface area is 157 Å². The van der Waals surface area contributed by atoms with Gasteiger partial charge in [0.1, 0.15) is 0 Å². The Morgan fingerprint density at radius 2 is 1.36 bits per heavy atom. The summed E-state index contributed by atoms with van der Waals surface area (Å²) in [5.74, 6) is 0. The second-order valence-corrected chi connectivity index (χ2v) is 7.45. The Balaban J connectivity index is 1.87. The maximum Gasteiger partial charge on any atom is 0.252 e. The first-order valence-corrected chi connectivity index (χ1v) is 10.8. The van der Waals surface area contributed by atoms with Gasteiger partial charge in [0.25, 0.3) is 6.73 Å². The van der Waals surface area contributed by atoms with Crippen molar-refractivity contribution >= 4 is 0 Å². The molecule has 0 aliphatic rings. The topological polar surface area (TPSA) is 13.1 Å². The van der Waals surface area contributed by atoms with Gasteiger partial charge in [0.15, 0.2) is 12.4 Å². The summed E-state index contributed by atoms with van der Waals surface area (Å²) in [7, 11) is 0. The number of hydrogen-bond donors (Lipinski definition) is 0. The molecule has 2 nitrogen and oxygen atoms in total. The number of rotatable bonds is 16. The molecule has 0 atom stereocenters. The molecule has 0 saturated heterocycles. The highest BCUT2D eigenvalue weighted by molar-refractivity contribution is 5.18. The third kappa shape index (κ3) is 11.4. The number of pyridine rings is 1. The van der Waals surface area contributed by atoms with E-state index in [-0.39, 0.29) is 0 Å². The lowest BCUT2D eigenvalue weighted by atomic mass is 10.1. The van der Waals surface area contributed by atoms with Crippen molar-refractivity contribution in [3.8, 4) is 0 Å². The van der Waals surface area contributed by atoms with Crippen LogP contribution in [0.4, 0.5) is 0 Å². The number of nitrogens with zero attached hydrogens (tertiary/aromatic N) is 1. The van der Waals surface area contributed by atoms with Crippen LogP contribution in [0.15, 0.2) is 18.5 Å². The standard InChI is InChI=1S/C23H42NO/c1-4-6-7-8-9-10-11-12-13-14-15-16-19-25-21-24-18-17-23(5-2)22(3)20-24/h17-18,20H,4-16,19,21H2,1-3H3/q+1. The molecule has 0 aromatic carbocycles. The molecule has 0 spiro atoms. The quantitative estimate of drug-likeness (QED) is 0.245. The Hall–Kier alpha value is -0.890. The lowest BCUT2D eigenvalue weighted by Gasteiger charge is -2.04. The van der Waals surface area contributed by atoms with Crippen LogP contribution in [0.1, 0.15) is 102 Å². The summed E-state index contributed by atoms with van der Waals surface area (Å²) < 4.78 is 7.95. The van der Waals surface area contributed by atoms with Gasteiger partial charge >= 0.3 is 0 Å². The highest BCUT2D eigenvalue weighted by Gasteiger charge is 2.04. The van der Waals surface area contributed by atoms with Gasteiger partial charge in [-0.1, -0.05) is 84.5 Å². The second kappa shape index (κ2) is 15.4. The number of unbranched alkanes of at least 4 members (excludes halogenated alkanes) is 11. The lowest BCUT2D eigenvalue weighted by molar-refractivity contribution is -0.733. The third-order valence-corrected chi connectivity index (χ3v) is 5.10. The van der Waals surface area contributed by atoms with E-state index in [0.717, 1.165) is 13.0 Å². The molecule has 0 fully saturated rings. The van der Waals surface area contributed by atoms with E-state index in [1.165, 1.54) is 88.2 Å². The molecule has 1 heterocycles. The fourth-order valence-corrected chi connectivity index (χ4v) is 3.38. The fraction of sp³-hybridized carbons (Fsp3) is 0.783. The van der Waals surface area contributed by atoms with Crippen LogP contribution >= 0.6 is 0 Å². The van der Waals surface area contributed by atoms with Gasteiger partial charge in [-0.2, -0.15) is 4.57 Å². The zero-order chi connectivity index (χ0) is 18.2. The van der Waals surface area contributed by atoms with Crippen molar-refractivity contribution in [1.82, 2.24) is 0 Å². The zero-order valence-electron chi connectivity index (χ0n) is 17.2. The maximum absolute atomic E-state index is 5.80. The molecule has 0 aliphatic heterocycles. The molecule has 1 aromatic heterocycles. The number of hydrogen-bond acceptors (Lipinski definition) is 1. The molecule has 0 radical (unpaired) electrons. The van der Waals surface area contributed by atoms with Gasteiger partial charge in [0.05, 0.1) is 6.61 Å². The highest BCUT2D eigenvalue weighted by atomic mass is 16.5. The van der Waals surface area contributed by atoms with Gasteiger partial charge < -0.3 is 4.74 Å². The van der Waals surface area contributed by atoms with E-state index < -0.39 is 0 Å². The van der Waals surface area contributed by atoms with Crippen molar-refractivity contribution in [3.05, 3.63) is 29.6 Å². The smallest absolute Gasteiger partial charge is 0.252 e. The van der Waals surface area contributed by atoms with Crippen molar-refractivity contribution in [2.75, 3.05) is 6.61 Å². The van der Waals surface area contributed by atoms with E-state index in [0.29, 0.717) is 6.73 Å². The van der Waals surface area contributed by atoms with Gasteiger partial charge in [-0.3, -0.25) is 0 Å². The minimum Gasteiger partial charge on any atom is -0.323 e. The summed E-state index contributed by atoms with van der Waals surface area (Å²) in [5, 5.41) is 0. The molecular weight excluding hydrogens is 306 g/mol. The van der Waals surface area contributed by atoms with E-state index in [1.54, 1.807) is 0 Å². The maximum atomic E-state index is 5.80. The van der Waals surface area contributed by atoms with Crippen LogP contribution < -0.4 is 4.57 Å². The van der Waals surface area contributed by atoms with Crippen LogP contribution in [0.2, 0.25) is 0 Å². The van der Waals surface area contributed by atoms with Crippen LogP contribution in [-0.2, 0) is 17.9 Å². The van der Waals surface area contributed by atoms with Crippen molar-refractivity contribution in [2.24, 2.45) is 0 Å². The molecule has 1 aromatic rings. The first kappa shape index (κ1) is 22.2. The first-order valence-electron chi connectivity index (χ1n) is 10.8. The van der Waals surface area contributed by atoms with E-state index >= 15 is 0 Å². The molecule has 0 saturated carbocycles. The summed E-state index contributed by atoms with van der Waals surface area (Å²) >= 11 is 0. The number of ether oxygens (including phenoxy) is 1. The van der Waals surface area contributed by atoms with Crippen LogP contribution in [0, 0.1) is 6.92 Å². The summed E-state index contributed by atoms with van der Waals surface area (Å²) in [6, 6.07) is 2.21. The van der Waals surface area contributed by atoms with Crippen molar-refractivity contribution < 1.29 is 9.30 Å². The molecule has 0 amide bonds. The normalized spacial score (nSPS) is 11.2. The van der Waals surface area contributed by atoms with Gasteiger partial charge in [-0.25, -0.2) is 0 Å². The van der Waals surface area contributed by atoms with E-state index in [4.69, 9.17) is 4.74 Å². The van der Waals surface area contributed by atoms with Crippen molar-refractivity contribution in [1.29, 1.82) is 0 Å². The summed E-state index contributed by atoms with van der Waals surface area (Å²) in [6.45, 7) is 8.24. The van der Waals surface area contributed by atoms with Crippen LogP contribution in [0.25, 0.3) is 0 Å². The second-order valence-electron chi connectivity index (χ2n) is 7.45. The summed E-state index contributed by atoms with van der Waals surface area (Å²) in [6.07, 6.45) is 22.1. The average molecular weight is 349 g/mol. The van der Waals surface area contributed by atoms with Gasteiger partial charge in [0.2, 0.25) is 0 Å². The molecule has 1 rings (SSSR count). The van der Waals surface area contributed by atoms with Gasteiger partial charge in [0, 0.05) is 11.6 Å². The molecular formula is C23H42NO+. The lowest BCUT2D eigenvalue weighted by Crippen LogP contribution is -2.35. The summed E-state index contributed by atoms with van der Waals surface area (Å²) in [4.78, 5) is 0. The van der Waals surface area contributed by atoms with E-state index in [2.05, 4.69) is 43.8 Å². The number of aryl methyl sites for hydroxylation is 2. The van der Waals surface area contributed by atoms with Gasteiger partial charge in [-0.15, -0.1) is 0 Å². The summed E-state index contributed by atoms with van der Waals surface area (Å²) in [5.41, 5.74) is 2.79. The Morgan fingerprint density at radius 1 is 0.800 bits per heavy atom. The molecule has 144 valence electrons. The minimum atomic E-state index is 0.683. The molecule has 25 heavy (non-hydrogen) atoms. The Bertz CT molecular complexity index is 430. The van der Waals surface area contributed by atoms with Crippen molar-refractivity contribution in [2.45, 2.75) is 111 Å². The van der Waals surface area contributed by atoms with Gasteiger partial charge in [-0.05, 0) is 25.3 Å². The monoisotopic (exact) mass is 348 g/mol. The predicted molar refractivity (Wildman–Crippen MR) is 108 cm³/mol. The fourth-order valence-electron chi connectivity index (χ4n) is 3.38. The molecule has 2 heteroatoms. The molecule has 0 N–H and O–H groups in total. The molecule has 0 bridgehead atoms. The first-order chi connectivity index (χ1) is 12.3. The average Bonchev–Trinajstić information content (AvgIpc) is 2.62. The van der Waals surface area contributed by atoms with Crippen LogP contribution in [-0.4, -0.2) is 6.61 Å². The minimum absolute atomic E-state index is 0.683. The third-order valence-electron chi connectivity index (χ3n) is 5.10. The van der Waals surface area contributed by atoms with Crippen LogP contribution in [0.5, 0.6) is 0 Å². The molecule has 0 unspecified atom stereocenters. The van der Waals surface area contributed by atoms with E-state index in [9.17, 15) is 0 Å². The van der Waals surface area contributed by atoms with Crippen LogP contribution in [0.3, 0.4) is 0 Å². The Morgan fingerprint density at radius 3 is 1.88 bits per heavy atom. The van der Waals surface area contributed by atoms with E-state index in [1.807, 2.05) is 0 Å². The predicted octanol–water partition coefficient (Wildman–Crippen LogP) is 6.52. The molecule has 0 aliphatic carbocycles. The largest absolute Gasteiger partial charge is 0.323 e. The zero-order valence-corrected chi connectivity index (χ0v) is 17.2. The highest BCUT2D eigenvalue weighted by Crippen LogP contribution is 2.12. The SMILES string of the molecule is CCCCCCCCCCCCCCOC[n+]1ccc(CC)c(C)c1.